The van der Waals surface area contributed by atoms with Gasteiger partial charge in [-0.1, -0.05) is 20.8 Å². The first kappa shape index (κ1) is 28.2. The van der Waals surface area contributed by atoms with Gasteiger partial charge in [0.15, 0.2) is 5.96 Å². The van der Waals surface area contributed by atoms with E-state index in [0.29, 0.717) is 12.5 Å². The molecule has 1 saturated heterocycles. The Balaban J connectivity index is 0.00000784. The molecule has 1 aliphatic rings. The van der Waals surface area contributed by atoms with Gasteiger partial charge in [0.25, 0.3) is 0 Å². The molecule has 1 atom stereocenters. The van der Waals surface area contributed by atoms with E-state index < -0.39 is 5.60 Å². The molecule has 8 heteroatoms. The van der Waals surface area contributed by atoms with Crippen molar-refractivity contribution in [2.75, 3.05) is 39.8 Å². The zero-order valence-electron chi connectivity index (χ0n) is 19.6. The molecule has 1 heterocycles. The van der Waals surface area contributed by atoms with Crippen LogP contribution in [0.25, 0.3) is 0 Å². The van der Waals surface area contributed by atoms with Crippen molar-refractivity contribution in [1.29, 1.82) is 0 Å². The van der Waals surface area contributed by atoms with E-state index in [4.69, 9.17) is 4.74 Å². The Kier molecular flexibility index (Phi) is 13.2. The molecule has 1 amide bonds. The Morgan fingerprint density at radius 1 is 1.17 bits per heavy atom. The van der Waals surface area contributed by atoms with Gasteiger partial charge in [0.05, 0.1) is 5.54 Å². The maximum Gasteiger partial charge on any atom is 0.408 e. The molecule has 0 bridgehead atoms. The van der Waals surface area contributed by atoms with Crippen molar-refractivity contribution < 1.29 is 9.53 Å². The van der Waals surface area contributed by atoms with Crippen molar-refractivity contribution in [3.8, 4) is 0 Å². The van der Waals surface area contributed by atoms with Crippen LogP contribution in [0.4, 0.5) is 4.79 Å². The smallest absolute Gasteiger partial charge is 0.408 e. The summed E-state index contributed by atoms with van der Waals surface area (Å²) in [6.45, 7) is 17.1. The maximum absolute atomic E-state index is 12.3. The molecule has 0 aliphatic carbocycles. The fourth-order valence-corrected chi connectivity index (χ4v) is 3.55. The first-order valence-corrected chi connectivity index (χ1v) is 10.8. The normalized spacial score (nSPS) is 18.2. The number of hydrogen-bond donors (Lipinski definition) is 3. The van der Waals surface area contributed by atoms with Crippen molar-refractivity contribution in [2.45, 2.75) is 78.4 Å². The Labute approximate surface area is 195 Å². The lowest BCUT2D eigenvalue weighted by Gasteiger charge is -2.34. The van der Waals surface area contributed by atoms with Crippen LogP contribution in [-0.4, -0.2) is 67.9 Å². The van der Waals surface area contributed by atoms with Crippen LogP contribution in [0.5, 0.6) is 0 Å². The second-order valence-corrected chi connectivity index (χ2v) is 8.88. The van der Waals surface area contributed by atoms with Crippen LogP contribution in [0.2, 0.25) is 0 Å². The molecule has 1 aliphatic heterocycles. The molecule has 0 radical (unpaired) electrons. The number of halogens is 1. The van der Waals surface area contributed by atoms with Crippen LogP contribution in [0.1, 0.15) is 67.2 Å². The minimum Gasteiger partial charge on any atom is -0.444 e. The van der Waals surface area contributed by atoms with Gasteiger partial charge in [0, 0.05) is 26.7 Å². The Hall–Kier alpha value is -0.770. The summed E-state index contributed by atoms with van der Waals surface area (Å²) < 4.78 is 5.45. The van der Waals surface area contributed by atoms with Gasteiger partial charge in [-0.2, -0.15) is 0 Å². The predicted octanol–water partition coefficient (Wildman–Crippen LogP) is 3.58. The highest BCUT2D eigenvalue weighted by atomic mass is 127. The third-order valence-corrected chi connectivity index (χ3v) is 5.41. The largest absolute Gasteiger partial charge is 0.444 e. The quantitative estimate of drug-likeness (QED) is 0.244. The van der Waals surface area contributed by atoms with Gasteiger partial charge in [0.1, 0.15) is 5.60 Å². The average molecular weight is 526 g/mol. The number of hydrogen-bond acceptors (Lipinski definition) is 4. The van der Waals surface area contributed by atoms with Gasteiger partial charge in [-0.3, -0.25) is 4.99 Å². The Morgan fingerprint density at radius 2 is 1.83 bits per heavy atom. The lowest BCUT2D eigenvalue weighted by Crippen LogP contribution is -2.57. The molecule has 0 aromatic carbocycles. The molecule has 1 rings (SSSR count). The van der Waals surface area contributed by atoms with Gasteiger partial charge < -0.3 is 25.6 Å². The summed E-state index contributed by atoms with van der Waals surface area (Å²) in [7, 11) is 1.79. The number of guanidine groups is 1. The van der Waals surface area contributed by atoms with Gasteiger partial charge in [-0.05, 0) is 65.5 Å². The Bertz CT molecular complexity index is 504. The van der Waals surface area contributed by atoms with E-state index >= 15 is 0 Å². The van der Waals surface area contributed by atoms with Gasteiger partial charge in [-0.25, -0.2) is 4.79 Å². The topological polar surface area (TPSA) is 78.0 Å². The van der Waals surface area contributed by atoms with E-state index in [1.807, 2.05) is 20.8 Å². The molecule has 0 aromatic rings. The summed E-state index contributed by atoms with van der Waals surface area (Å²) in [6, 6.07) is 0. The number of nitrogens with one attached hydrogen (secondary N) is 3. The number of ether oxygens (including phenoxy) is 1. The molecule has 0 aromatic heterocycles. The van der Waals surface area contributed by atoms with Gasteiger partial charge in [0.2, 0.25) is 0 Å². The number of carbonyl (C=O) groups excluding carboxylic acids is 1. The molecule has 29 heavy (non-hydrogen) atoms. The third kappa shape index (κ3) is 10.7. The average Bonchev–Trinajstić information content (AvgIpc) is 3.07. The molecule has 0 spiro atoms. The number of alkyl carbamates (subject to hydrolysis) is 1. The SMILES string of the molecule is CCCN1CCC(CNC(=NC)NCC(CC)(CC)NC(=O)OC(C)(C)C)C1.I. The van der Waals surface area contributed by atoms with Crippen LogP contribution < -0.4 is 16.0 Å². The van der Waals surface area contributed by atoms with Crippen LogP contribution in [-0.2, 0) is 4.74 Å². The van der Waals surface area contributed by atoms with Crippen molar-refractivity contribution in [3.63, 3.8) is 0 Å². The lowest BCUT2D eigenvalue weighted by atomic mass is 9.93. The zero-order chi connectivity index (χ0) is 21.2. The molecule has 1 unspecified atom stereocenters. The summed E-state index contributed by atoms with van der Waals surface area (Å²) in [4.78, 5) is 19.2. The summed E-state index contributed by atoms with van der Waals surface area (Å²) in [5, 5.41) is 9.92. The molecule has 7 nitrogen and oxygen atoms in total. The van der Waals surface area contributed by atoms with Crippen molar-refractivity contribution in [3.05, 3.63) is 0 Å². The zero-order valence-corrected chi connectivity index (χ0v) is 21.9. The molecule has 172 valence electrons. The van der Waals surface area contributed by atoms with E-state index in [2.05, 4.69) is 46.6 Å². The number of carbonyl (C=O) groups is 1. The highest BCUT2D eigenvalue weighted by Gasteiger charge is 2.31. The fraction of sp³-hybridized carbons (Fsp3) is 0.905. The van der Waals surface area contributed by atoms with Crippen molar-refractivity contribution in [1.82, 2.24) is 20.9 Å². The first-order valence-electron chi connectivity index (χ1n) is 10.8. The van der Waals surface area contributed by atoms with Crippen LogP contribution >= 0.6 is 24.0 Å². The molecule has 1 fully saturated rings. The minimum atomic E-state index is -0.505. The van der Waals surface area contributed by atoms with E-state index in [1.54, 1.807) is 7.05 Å². The van der Waals surface area contributed by atoms with Crippen LogP contribution in [0, 0.1) is 5.92 Å². The maximum atomic E-state index is 12.3. The van der Waals surface area contributed by atoms with Crippen molar-refractivity contribution in [2.24, 2.45) is 10.9 Å². The molecule has 3 N–H and O–H groups in total. The second kappa shape index (κ2) is 13.5. The number of nitrogens with zero attached hydrogens (tertiary/aromatic N) is 2. The lowest BCUT2D eigenvalue weighted by molar-refractivity contribution is 0.0448. The van der Waals surface area contributed by atoms with E-state index in [1.165, 1.54) is 25.9 Å². The monoisotopic (exact) mass is 525 g/mol. The third-order valence-electron chi connectivity index (χ3n) is 5.41. The highest BCUT2D eigenvalue weighted by Crippen LogP contribution is 2.17. The van der Waals surface area contributed by atoms with Crippen LogP contribution in [0.15, 0.2) is 4.99 Å². The first-order chi connectivity index (χ1) is 13.2. The second-order valence-electron chi connectivity index (χ2n) is 8.88. The van der Waals surface area contributed by atoms with E-state index in [0.717, 1.165) is 31.9 Å². The summed E-state index contributed by atoms with van der Waals surface area (Å²) >= 11 is 0. The number of likely N-dealkylation sites (tertiary alicyclic amines) is 1. The molecular weight excluding hydrogens is 481 g/mol. The number of amides is 1. The fourth-order valence-electron chi connectivity index (χ4n) is 3.55. The van der Waals surface area contributed by atoms with Gasteiger partial charge >= 0.3 is 6.09 Å². The summed E-state index contributed by atoms with van der Waals surface area (Å²) in [5.41, 5.74) is -0.874. The summed E-state index contributed by atoms with van der Waals surface area (Å²) in [6.07, 6.45) is 3.69. The molecule has 0 saturated carbocycles. The van der Waals surface area contributed by atoms with E-state index in [-0.39, 0.29) is 35.6 Å². The number of rotatable bonds is 9. The number of aliphatic imine (C=N–C) groups is 1. The molecular formula is C21H44IN5O2. The van der Waals surface area contributed by atoms with E-state index in [9.17, 15) is 4.79 Å². The summed E-state index contributed by atoms with van der Waals surface area (Å²) in [5.74, 6) is 1.44. The van der Waals surface area contributed by atoms with Gasteiger partial charge in [-0.15, -0.1) is 24.0 Å². The van der Waals surface area contributed by atoms with Crippen molar-refractivity contribution >= 4 is 36.0 Å². The minimum absolute atomic E-state index is 0. The van der Waals surface area contributed by atoms with Crippen LogP contribution in [0.3, 0.4) is 0 Å². The highest BCUT2D eigenvalue weighted by molar-refractivity contribution is 14.0. The predicted molar refractivity (Wildman–Crippen MR) is 132 cm³/mol. The Morgan fingerprint density at radius 3 is 2.34 bits per heavy atom. The standard InChI is InChI=1S/C21H43N5O2.HI/c1-8-12-26-13-11-17(15-26)14-23-18(22-7)24-16-21(9-2,10-3)25-19(27)28-20(4,5)6;/h17H,8-16H2,1-7H3,(H,25,27)(H2,22,23,24);1H.